The molecule has 0 radical (unpaired) electrons. The van der Waals surface area contributed by atoms with Crippen molar-refractivity contribution in [1.82, 2.24) is 14.5 Å². The van der Waals surface area contributed by atoms with Crippen LogP contribution in [0.5, 0.6) is 0 Å². The Kier molecular flexibility index (Phi) is 4.03. The minimum Gasteiger partial charge on any atom is -0.304 e. The number of aromatic amines is 1. The summed E-state index contributed by atoms with van der Waals surface area (Å²) in [4.78, 5) is 19.7. The summed E-state index contributed by atoms with van der Waals surface area (Å²) < 4.78 is 24.4. The lowest BCUT2D eigenvalue weighted by atomic mass is 10.0. The highest BCUT2D eigenvalue weighted by Crippen LogP contribution is 2.25. The molecule has 0 saturated carbocycles. The lowest BCUT2D eigenvalue weighted by Crippen LogP contribution is -2.17. The number of nitriles is 1. The number of primary sulfonamides is 1. The third-order valence-corrected chi connectivity index (χ3v) is 5.58. The van der Waals surface area contributed by atoms with Crippen LogP contribution in [0.2, 0.25) is 0 Å². The van der Waals surface area contributed by atoms with Gasteiger partial charge in [-0.2, -0.15) is 5.26 Å². The molecule has 2 heterocycles. The second-order valence-electron chi connectivity index (χ2n) is 6.52. The van der Waals surface area contributed by atoms with Gasteiger partial charge < -0.3 is 4.98 Å². The fraction of sp³-hybridized carbons (Fsp3) is 0.105. The molecule has 0 unspecified atom stereocenters. The van der Waals surface area contributed by atoms with Gasteiger partial charge in [-0.05, 0) is 42.3 Å². The van der Waals surface area contributed by atoms with E-state index in [1.54, 1.807) is 29.0 Å². The van der Waals surface area contributed by atoms with Crippen molar-refractivity contribution in [3.05, 3.63) is 69.8 Å². The zero-order valence-electron chi connectivity index (χ0n) is 14.8. The van der Waals surface area contributed by atoms with Crippen LogP contribution in [0.1, 0.15) is 16.7 Å². The second kappa shape index (κ2) is 6.30. The van der Waals surface area contributed by atoms with E-state index in [1.165, 1.54) is 12.1 Å². The van der Waals surface area contributed by atoms with Gasteiger partial charge in [0.25, 0.3) is 0 Å². The van der Waals surface area contributed by atoms with Gasteiger partial charge in [0.1, 0.15) is 0 Å². The first-order valence-electron chi connectivity index (χ1n) is 8.31. The number of H-pyrrole nitrogens is 1. The van der Waals surface area contributed by atoms with Crippen LogP contribution in [0.25, 0.3) is 21.9 Å². The van der Waals surface area contributed by atoms with Crippen LogP contribution in [0.15, 0.2) is 52.3 Å². The SMILES string of the molecule is Cc1cc2ncc3[nH]c(=O)n(Cc4ccc(S(N)(=O)=O)cc4)c3c2cc1C#N. The van der Waals surface area contributed by atoms with E-state index in [-0.39, 0.29) is 17.1 Å². The lowest BCUT2D eigenvalue weighted by Gasteiger charge is -2.08. The van der Waals surface area contributed by atoms with E-state index in [0.717, 1.165) is 11.1 Å². The average Bonchev–Trinajstić information content (AvgIpc) is 2.96. The number of aryl methyl sites for hydroxylation is 1. The molecule has 4 rings (SSSR count). The standard InChI is InChI=1S/C19H15N5O3S/c1-11-6-16-15(7-13(11)8-20)18-17(9-22-16)23-19(25)24(18)10-12-2-4-14(5-3-12)28(21,26)27/h2-7,9H,10H2,1H3,(H,23,25)(H2,21,26,27). The first kappa shape index (κ1) is 17.9. The maximum atomic E-state index is 12.5. The fourth-order valence-corrected chi connectivity index (χ4v) is 3.75. The average molecular weight is 393 g/mol. The van der Waals surface area contributed by atoms with E-state index >= 15 is 0 Å². The number of imidazole rings is 1. The summed E-state index contributed by atoms with van der Waals surface area (Å²) in [5.41, 5.74) is 3.62. The minimum absolute atomic E-state index is 0.00584. The summed E-state index contributed by atoms with van der Waals surface area (Å²) in [6.45, 7) is 2.06. The van der Waals surface area contributed by atoms with Crippen molar-refractivity contribution < 1.29 is 8.42 Å². The molecular weight excluding hydrogens is 378 g/mol. The third kappa shape index (κ3) is 2.94. The van der Waals surface area contributed by atoms with Gasteiger partial charge in [0.15, 0.2) is 0 Å². The van der Waals surface area contributed by atoms with E-state index in [2.05, 4.69) is 16.0 Å². The molecule has 0 aliphatic carbocycles. The molecule has 2 aromatic heterocycles. The van der Waals surface area contributed by atoms with E-state index in [0.29, 0.717) is 27.5 Å². The quantitative estimate of drug-likeness (QED) is 0.547. The zero-order valence-corrected chi connectivity index (χ0v) is 15.6. The van der Waals surface area contributed by atoms with Crippen LogP contribution in [-0.4, -0.2) is 23.0 Å². The smallest absolute Gasteiger partial charge is 0.304 e. The molecule has 28 heavy (non-hydrogen) atoms. The Balaban J connectivity index is 1.90. The van der Waals surface area contributed by atoms with Crippen molar-refractivity contribution in [2.45, 2.75) is 18.4 Å². The van der Waals surface area contributed by atoms with Gasteiger partial charge in [-0.15, -0.1) is 0 Å². The molecule has 140 valence electrons. The summed E-state index contributed by atoms with van der Waals surface area (Å²) in [6.07, 6.45) is 1.59. The fourth-order valence-electron chi connectivity index (χ4n) is 3.23. The maximum Gasteiger partial charge on any atom is 0.326 e. The number of sulfonamides is 1. The first-order valence-corrected chi connectivity index (χ1v) is 9.86. The number of benzene rings is 2. The van der Waals surface area contributed by atoms with E-state index in [1.807, 2.05) is 13.0 Å². The number of nitrogens with two attached hydrogens (primary N) is 1. The Bertz CT molecular complexity index is 1440. The van der Waals surface area contributed by atoms with E-state index in [9.17, 15) is 18.5 Å². The van der Waals surface area contributed by atoms with Crippen LogP contribution >= 0.6 is 0 Å². The zero-order chi connectivity index (χ0) is 20.1. The van der Waals surface area contributed by atoms with Crippen LogP contribution in [0.4, 0.5) is 0 Å². The molecule has 0 aliphatic rings. The normalized spacial score (nSPS) is 11.8. The molecule has 8 nitrogen and oxygen atoms in total. The summed E-state index contributed by atoms with van der Waals surface area (Å²) >= 11 is 0. The summed E-state index contributed by atoms with van der Waals surface area (Å²) in [5, 5.41) is 15.2. The Morgan fingerprint density at radius 3 is 2.61 bits per heavy atom. The summed E-state index contributed by atoms with van der Waals surface area (Å²) in [6, 6.07) is 11.7. The lowest BCUT2D eigenvalue weighted by molar-refractivity contribution is 0.597. The molecule has 0 atom stereocenters. The van der Waals surface area contributed by atoms with Crippen molar-refractivity contribution in [1.29, 1.82) is 5.26 Å². The molecule has 0 aliphatic heterocycles. The van der Waals surface area contributed by atoms with Gasteiger partial charge >= 0.3 is 5.69 Å². The Morgan fingerprint density at radius 1 is 1.25 bits per heavy atom. The Hall–Kier alpha value is -3.48. The molecule has 0 spiro atoms. The van der Waals surface area contributed by atoms with Crippen molar-refractivity contribution in [2.75, 3.05) is 0 Å². The summed E-state index contributed by atoms with van der Waals surface area (Å²) in [5.74, 6) is 0. The molecule has 0 fully saturated rings. The van der Waals surface area contributed by atoms with Crippen molar-refractivity contribution in [3.8, 4) is 6.07 Å². The predicted molar refractivity (Wildman–Crippen MR) is 104 cm³/mol. The number of nitrogens with one attached hydrogen (secondary N) is 1. The van der Waals surface area contributed by atoms with Gasteiger partial charge in [0, 0.05) is 5.39 Å². The van der Waals surface area contributed by atoms with E-state index < -0.39 is 10.0 Å². The van der Waals surface area contributed by atoms with Gasteiger partial charge in [-0.1, -0.05) is 12.1 Å². The van der Waals surface area contributed by atoms with Gasteiger partial charge in [-0.25, -0.2) is 18.4 Å². The second-order valence-corrected chi connectivity index (χ2v) is 8.08. The number of hydrogen-bond donors (Lipinski definition) is 2. The van der Waals surface area contributed by atoms with Crippen molar-refractivity contribution >= 4 is 32.0 Å². The number of aromatic nitrogens is 3. The number of hydrogen-bond acceptors (Lipinski definition) is 5. The largest absolute Gasteiger partial charge is 0.326 e. The van der Waals surface area contributed by atoms with Gasteiger partial charge in [-0.3, -0.25) is 9.55 Å². The Morgan fingerprint density at radius 2 is 1.96 bits per heavy atom. The van der Waals surface area contributed by atoms with Crippen molar-refractivity contribution in [2.24, 2.45) is 5.14 Å². The van der Waals surface area contributed by atoms with Crippen LogP contribution in [-0.2, 0) is 16.6 Å². The molecule has 2 aromatic carbocycles. The molecule has 3 N–H and O–H groups in total. The van der Waals surface area contributed by atoms with E-state index in [4.69, 9.17) is 5.14 Å². The number of pyridine rings is 1. The molecular formula is C19H15N5O3S. The predicted octanol–water partition coefficient (Wildman–Crippen LogP) is 1.75. The Labute approximate surface area is 159 Å². The number of rotatable bonds is 3. The molecule has 4 aromatic rings. The highest BCUT2D eigenvalue weighted by atomic mass is 32.2. The van der Waals surface area contributed by atoms with Crippen LogP contribution < -0.4 is 10.8 Å². The highest BCUT2D eigenvalue weighted by Gasteiger charge is 2.14. The van der Waals surface area contributed by atoms with Gasteiger partial charge in [0.2, 0.25) is 10.0 Å². The molecule has 9 heteroatoms. The topological polar surface area (TPSA) is 135 Å². The molecule has 0 bridgehead atoms. The van der Waals surface area contributed by atoms with Crippen molar-refractivity contribution in [3.63, 3.8) is 0 Å². The maximum absolute atomic E-state index is 12.5. The number of fused-ring (bicyclic) bond motifs is 3. The van der Waals surface area contributed by atoms with Crippen LogP contribution in [0.3, 0.4) is 0 Å². The third-order valence-electron chi connectivity index (χ3n) is 4.66. The molecule has 0 amide bonds. The molecule has 0 saturated heterocycles. The highest BCUT2D eigenvalue weighted by molar-refractivity contribution is 7.89. The number of nitrogens with zero attached hydrogens (tertiary/aromatic N) is 3. The van der Waals surface area contributed by atoms with Crippen LogP contribution in [0, 0.1) is 18.3 Å². The summed E-state index contributed by atoms with van der Waals surface area (Å²) in [7, 11) is -3.78. The van der Waals surface area contributed by atoms with Gasteiger partial charge in [0.05, 0.1) is 45.8 Å². The minimum atomic E-state index is -3.78. The monoisotopic (exact) mass is 393 g/mol. The first-order chi connectivity index (χ1) is 13.3.